The molecule has 7 nitrogen and oxygen atoms in total. The lowest BCUT2D eigenvalue weighted by molar-refractivity contribution is -0.149. The SMILES string of the molecule is CC[C@H]1CN(Cc2ccc(OC)cc2O)CC[C@H]1CC(=O)N1CCC(C(=O)OC)CC1. The maximum absolute atomic E-state index is 12.9. The Morgan fingerprint density at radius 3 is 2.45 bits per heavy atom. The van der Waals surface area contributed by atoms with Gasteiger partial charge in [0.05, 0.1) is 20.1 Å². The van der Waals surface area contributed by atoms with Crippen LogP contribution in [0.15, 0.2) is 18.2 Å². The number of phenols is 1. The van der Waals surface area contributed by atoms with Crippen molar-refractivity contribution >= 4 is 11.9 Å². The van der Waals surface area contributed by atoms with Gasteiger partial charge >= 0.3 is 5.97 Å². The summed E-state index contributed by atoms with van der Waals surface area (Å²) in [5.74, 6) is 1.75. The lowest BCUT2D eigenvalue weighted by atomic mass is 9.81. The van der Waals surface area contributed by atoms with E-state index in [0.29, 0.717) is 56.5 Å². The summed E-state index contributed by atoms with van der Waals surface area (Å²) >= 11 is 0. The van der Waals surface area contributed by atoms with Crippen LogP contribution in [0.25, 0.3) is 0 Å². The van der Waals surface area contributed by atoms with Crippen molar-refractivity contribution in [2.24, 2.45) is 17.8 Å². The highest BCUT2D eigenvalue weighted by Crippen LogP contribution is 2.32. The first kappa shape index (κ1) is 23.4. The number of rotatable bonds is 7. The van der Waals surface area contributed by atoms with Crippen LogP contribution in [0.3, 0.4) is 0 Å². The van der Waals surface area contributed by atoms with Gasteiger partial charge < -0.3 is 19.5 Å². The Morgan fingerprint density at radius 1 is 1.10 bits per heavy atom. The van der Waals surface area contributed by atoms with E-state index in [-0.39, 0.29) is 23.5 Å². The second-order valence-electron chi connectivity index (χ2n) is 8.83. The third-order valence-corrected chi connectivity index (χ3v) is 7.01. The van der Waals surface area contributed by atoms with Crippen LogP contribution >= 0.6 is 0 Å². The van der Waals surface area contributed by atoms with Crippen LogP contribution in [-0.4, -0.2) is 67.2 Å². The molecule has 2 fully saturated rings. The summed E-state index contributed by atoms with van der Waals surface area (Å²) in [6.07, 6.45) is 4.00. The van der Waals surface area contributed by atoms with Gasteiger partial charge in [0.1, 0.15) is 11.5 Å². The third kappa shape index (κ3) is 5.91. The molecule has 7 heteroatoms. The Bertz CT molecular complexity index is 760. The van der Waals surface area contributed by atoms with E-state index in [4.69, 9.17) is 9.47 Å². The molecule has 0 bridgehead atoms. The van der Waals surface area contributed by atoms with Gasteiger partial charge in [-0.1, -0.05) is 19.4 Å². The highest BCUT2D eigenvalue weighted by molar-refractivity contribution is 5.77. The number of phenolic OH excluding ortho intramolecular Hbond substituents is 1. The number of esters is 1. The molecule has 2 atom stereocenters. The third-order valence-electron chi connectivity index (χ3n) is 7.01. The first-order chi connectivity index (χ1) is 14.9. The van der Waals surface area contributed by atoms with Crippen molar-refractivity contribution in [1.29, 1.82) is 0 Å². The first-order valence-electron chi connectivity index (χ1n) is 11.4. The summed E-state index contributed by atoms with van der Waals surface area (Å²) in [5.41, 5.74) is 0.902. The molecular formula is C24H36N2O5. The van der Waals surface area contributed by atoms with Gasteiger partial charge in [0.2, 0.25) is 5.91 Å². The van der Waals surface area contributed by atoms with E-state index in [9.17, 15) is 14.7 Å². The molecule has 1 N–H and O–H groups in total. The number of aromatic hydroxyl groups is 1. The molecular weight excluding hydrogens is 396 g/mol. The zero-order valence-corrected chi connectivity index (χ0v) is 19.0. The van der Waals surface area contributed by atoms with Gasteiger partial charge in [0, 0.05) is 44.2 Å². The maximum Gasteiger partial charge on any atom is 0.308 e. The van der Waals surface area contributed by atoms with E-state index >= 15 is 0 Å². The molecule has 0 aromatic heterocycles. The van der Waals surface area contributed by atoms with E-state index in [1.54, 1.807) is 13.2 Å². The Kier molecular flexibility index (Phi) is 8.18. The predicted molar refractivity (Wildman–Crippen MR) is 118 cm³/mol. The number of carbonyl (C=O) groups is 2. The van der Waals surface area contributed by atoms with Crippen molar-refractivity contribution < 1.29 is 24.2 Å². The van der Waals surface area contributed by atoms with Gasteiger partial charge in [-0.05, 0) is 43.7 Å². The molecule has 2 heterocycles. The topological polar surface area (TPSA) is 79.3 Å². The number of ether oxygens (including phenoxy) is 2. The number of methoxy groups -OCH3 is 2. The smallest absolute Gasteiger partial charge is 0.308 e. The van der Waals surface area contributed by atoms with Crippen molar-refractivity contribution in [2.75, 3.05) is 40.4 Å². The minimum atomic E-state index is -0.159. The zero-order valence-electron chi connectivity index (χ0n) is 19.0. The lowest BCUT2D eigenvalue weighted by Crippen LogP contribution is -2.44. The molecule has 0 unspecified atom stereocenters. The molecule has 2 saturated heterocycles. The Hall–Kier alpha value is -2.28. The summed E-state index contributed by atoms with van der Waals surface area (Å²) < 4.78 is 10.0. The molecule has 2 aliphatic rings. The number of amides is 1. The van der Waals surface area contributed by atoms with Crippen LogP contribution in [0.5, 0.6) is 11.5 Å². The van der Waals surface area contributed by atoms with Crippen molar-refractivity contribution in [3.05, 3.63) is 23.8 Å². The molecule has 0 saturated carbocycles. The minimum Gasteiger partial charge on any atom is -0.507 e. The molecule has 172 valence electrons. The molecule has 1 aromatic rings. The van der Waals surface area contributed by atoms with Crippen LogP contribution in [0.4, 0.5) is 0 Å². The minimum absolute atomic E-state index is 0.0740. The second kappa shape index (κ2) is 10.8. The molecule has 2 aliphatic heterocycles. The molecule has 1 amide bonds. The number of hydrogen-bond donors (Lipinski definition) is 1. The highest BCUT2D eigenvalue weighted by atomic mass is 16.5. The molecule has 1 aromatic carbocycles. The summed E-state index contributed by atoms with van der Waals surface area (Å²) in [6, 6.07) is 5.45. The van der Waals surface area contributed by atoms with Gasteiger partial charge in [-0.25, -0.2) is 0 Å². The molecule has 0 aliphatic carbocycles. The first-order valence-corrected chi connectivity index (χ1v) is 11.4. The van der Waals surface area contributed by atoms with Crippen molar-refractivity contribution in [2.45, 2.75) is 45.6 Å². The Morgan fingerprint density at radius 2 is 1.84 bits per heavy atom. The Labute approximate surface area is 185 Å². The number of hydrogen-bond acceptors (Lipinski definition) is 6. The summed E-state index contributed by atoms with van der Waals surface area (Å²) in [6.45, 7) is 6.04. The predicted octanol–water partition coefficient (Wildman–Crippen LogP) is 3.05. The van der Waals surface area contributed by atoms with E-state index in [2.05, 4.69) is 11.8 Å². The fourth-order valence-corrected chi connectivity index (χ4v) is 4.96. The maximum atomic E-state index is 12.9. The zero-order chi connectivity index (χ0) is 22.4. The molecule has 31 heavy (non-hydrogen) atoms. The van der Waals surface area contributed by atoms with Gasteiger partial charge in [0.25, 0.3) is 0 Å². The average molecular weight is 433 g/mol. The summed E-state index contributed by atoms with van der Waals surface area (Å²) in [5, 5.41) is 10.3. The second-order valence-corrected chi connectivity index (χ2v) is 8.83. The van der Waals surface area contributed by atoms with Crippen molar-refractivity contribution in [3.8, 4) is 11.5 Å². The van der Waals surface area contributed by atoms with Crippen LogP contribution in [-0.2, 0) is 20.9 Å². The van der Waals surface area contributed by atoms with Crippen LogP contribution in [0, 0.1) is 17.8 Å². The monoisotopic (exact) mass is 432 g/mol. The van der Waals surface area contributed by atoms with E-state index in [1.165, 1.54) is 7.11 Å². The molecule has 0 spiro atoms. The van der Waals surface area contributed by atoms with E-state index in [1.807, 2.05) is 17.0 Å². The van der Waals surface area contributed by atoms with Crippen molar-refractivity contribution in [1.82, 2.24) is 9.80 Å². The van der Waals surface area contributed by atoms with Gasteiger partial charge in [-0.3, -0.25) is 14.5 Å². The van der Waals surface area contributed by atoms with E-state index < -0.39 is 0 Å². The fourth-order valence-electron chi connectivity index (χ4n) is 4.96. The number of piperidine rings is 2. The van der Waals surface area contributed by atoms with Gasteiger partial charge in [0.15, 0.2) is 0 Å². The standard InChI is InChI=1S/C24H36N2O5/c1-4-17-15-25(16-20-5-6-21(30-2)14-22(20)27)10-7-19(17)13-23(28)26-11-8-18(9-12-26)24(29)31-3/h5-6,14,17-19,27H,4,7-13,15-16H2,1-3H3/t17-,19-/m0/s1. The number of likely N-dealkylation sites (tertiary alicyclic amines) is 2. The summed E-state index contributed by atoms with van der Waals surface area (Å²) in [7, 11) is 3.01. The Balaban J connectivity index is 1.51. The normalized spacial score (nSPS) is 22.9. The summed E-state index contributed by atoms with van der Waals surface area (Å²) in [4.78, 5) is 28.9. The van der Waals surface area contributed by atoms with Crippen molar-refractivity contribution in [3.63, 3.8) is 0 Å². The van der Waals surface area contributed by atoms with Gasteiger partial charge in [-0.2, -0.15) is 0 Å². The van der Waals surface area contributed by atoms with Crippen LogP contribution in [0.1, 0.15) is 44.6 Å². The quantitative estimate of drug-likeness (QED) is 0.667. The average Bonchev–Trinajstić information content (AvgIpc) is 2.80. The number of benzene rings is 1. The van der Waals surface area contributed by atoms with Gasteiger partial charge in [-0.15, -0.1) is 0 Å². The van der Waals surface area contributed by atoms with E-state index in [0.717, 1.165) is 31.5 Å². The number of nitrogens with zero attached hydrogens (tertiary/aromatic N) is 2. The largest absolute Gasteiger partial charge is 0.507 e. The fraction of sp³-hybridized carbons (Fsp3) is 0.667. The van der Waals surface area contributed by atoms with Crippen LogP contribution in [0.2, 0.25) is 0 Å². The lowest BCUT2D eigenvalue weighted by Gasteiger charge is -2.39. The highest BCUT2D eigenvalue weighted by Gasteiger charge is 2.33. The molecule has 3 rings (SSSR count). The van der Waals surface area contributed by atoms with Crippen LogP contribution < -0.4 is 4.74 Å². The molecule has 0 radical (unpaired) electrons. The number of carbonyl (C=O) groups excluding carboxylic acids is 2.